The smallest absolute Gasteiger partial charge is 0.462 e. The van der Waals surface area contributed by atoms with Crippen LogP contribution >= 0.6 is 15.6 Å². The number of unbranched alkanes of at least 4 members (excludes halogenated alkanes) is 30. The lowest BCUT2D eigenvalue weighted by molar-refractivity contribution is -0.161. The van der Waals surface area contributed by atoms with Crippen molar-refractivity contribution in [2.45, 2.75) is 350 Å². The molecule has 6 atom stereocenters. The molecule has 0 saturated heterocycles. The molecule has 19 heteroatoms. The summed E-state index contributed by atoms with van der Waals surface area (Å²) in [7, 11) is -9.90. The number of phosphoric ester groups is 2. The zero-order chi connectivity index (χ0) is 64.7. The number of carbonyl (C=O) groups excluding carboxylic acids is 4. The molecule has 0 aromatic heterocycles. The fourth-order valence-corrected chi connectivity index (χ4v) is 11.7. The van der Waals surface area contributed by atoms with Crippen molar-refractivity contribution in [2.75, 3.05) is 39.6 Å². The van der Waals surface area contributed by atoms with E-state index in [2.05, 4.69) is 55.4 Å². The van der Waals surface area contributed by atoms with Gasteiger partial charge in [0.1, 0.15) is 19.3 Å². The highest BCUT2D eigenvalue weighted by molar-refractivity contribution is 7.47. The molecule has 0 radical (unpaired) electrons. The normalized spacial score (nSPS) is 14.6. The van der Waals surface area contributed by atoms with Crippen LogP contribution in [0.4, 0.5) is 0 Å². The highest BCUT2D eigenvalue weighted by atomic mass is 31.2. The third-order valence-electron chi connectivity index (χ3n) is 15.9. The van der Waals surface area contributed by atoms with E-state index in [1.165, 1.54) is 128 Å². The Bertz CT molecular complexity index is 1730. The van der Waals surface area contributed by atoms with Crippen LogP contribution in [0.1, 0.15) is 331 Å². The van der Waals surface area contributed by atoms with Crippen molar-refractivity contribution in [1.82, 2.24) is 0 Å². The Morgan fingerprint density at radius 2 is 0.552 bits per heavy atom. The lowest BCUT2D eigenvalue weighted by Gasteiger charge is -2.21. The van der Waals surface area contributed by atoms with Crippen molar-refractivity contribution in [2.24, 2.45) is 23.7 Å². The number of rotatable bonds is 65. The first-order valence-corrected chi connectivity index (χ1v) is 38.2. The number of ether oxygens (including phenoxy) is 4. The van der Waals surface area contributed by atoms with E-state index in [9.17, 15) is 43.2 Å². The van der Waals surface area contributed by atoms with Crippen LogP contribution in [0.3, 0.4) is 0 Å². The molecule has 3 unspecified atom stereocenters. The first kappa shape index (κ1) is 85.1. The van der Waals surface area contributed by atoms with Gasteiger partial charge in [-0.2, -0.15) is 0 Å². The van der Waals surface area contributed by atoms with Gasteiger partial charge in [0.2, 0.25) is 0 Å². The van der Waals surface area contributed by atoms with Crippen LogP contribution in [0.2, 0.25) is 0 Å². The van der Waals surface area contributed by atoms with E-state index in [0.717, 1.165) is 114 Å². The van der Waals surface area contributed by atoms with Gasteiger partial charge in [-0.3, -0.25) is 37.3 Å². The summed E-state index contributed by atoms with van der Waals surface area (Å²) in [6.07, 6.45) is 39.1. The predicted molar refractivity (Wildman–Crippen MR) is 349 cm³/mol. The molecular formula is C68H132O17P2. The molecule has 0 spiro atoms. The van der Waals surface area contributed by atoms with Gasteiger partial charge in [0.05, 0.1) is 26.4 Å². The zero-order valence-corrected chi connectivity index (χ0v) is 58.4. The second kappa shape index (κ2) is 57.9. The third-order valence-corrected chi connectivity index (χ3v) is 17.8. The van der Waals surface area contributed by atoms with E-state index in [1.54, 1.807) is 0 Å². The van der Waals surface area contributed by atoms with E-state index in [0.29, 0.717) is 31.6 Å². The molecule has 516 valence electrons. The van der Waals surface area contributed by atoms with Crippen LogP contribution in [0.25, 0.3) is 0 Å². The van der Waals surface area contributed by atoms with Crippen molar-refractivity contribution in [3.8, 4) is 0 Å². The van der Waals surface area contributed by atoms with Crippen molar-refractivity contribution >= 4 is 39.5 Å². The number of aliphatic hydroxyl groups is 1. The van der Waals surface area contributed by atoms with E-state index in [-0.39, 0.29) is 25.7 Å². The molecule has 0 rings (SSSR count). The number of aliphatic hydroxyl groups excluding tert-OH is 1. The fraction of sp³-hybridized carbons (Fsp3) is 0.941. The molecular weight excluding hydrogens is 1150 g/mol. The van der Waals surface area contributed by atoms with Gasteiger partial charge < -0.3 is 33.8 Å². The van der Waals surface area contributed by atoms with E-state index in [1.807, 2.05) is 0 Å². The van der Waals surface area contributed by atoms with Crippen LogP contribution in [0.15, 0.2) is 0 Å². The van der Waals surface area contributed by atoms with Gasteiger partial charge in [0.15, 0.2) is 12.2 Å². The number of hydrogen-bond acceptors (Lipinski definition) is 15. The molecule has 0 aromatic carbocycles. The summed E-state index contributed by atoms with van der Waals surface area (Å²) in [5.74, 6) is 0.797. The molecule has 0 aliphatic carbocycles. The Labute approximate surface area is 530 Å². The first-order valence-electron chi connectivity index (χ1n) is 35.2. The molecule has 0 aliphatic heterocycles. The van der Waals surface area contributed by atoms with Gasteiger partial charge in [0.25, 0.3) is 0 Å². The summed E-state index contributed by atoms with van der Waals surface area (Å²) in [6.45, 7) is 14.0. The van der Waals surface area contributed by atoms with Gasteiger partial charge in [-0.25, -0.2) is 9.13 Å². The second-order valence-corrected chi connectivity index (χ2v) is 29.1. The summed E-state index contributed by atoms with van der Waals surface area (Å²) in [5.41, 5.74) is 0. The van der Waals surface area contributed by atoms with Gasteiger partial charge in [-0.15, -0.1) is 0 Å². The summed E-state index contributed by atoms with van der Waals surface area (Å²) in [5, 5.41) is 10.6. The molecule has 0 heterocycles. The molecule has 17 nitrogen and oxygen atoms in total. The van der Waals surface area contributed by atoms with Crippen LogP contribution in [0.5, 0.6) is 0 Å². The molecule has 87 heavy (non-hydrogen) atoms. The van der Waals surface area contributed by atoms with Crippen molar-refractivity contribution in [3.63, 3.8) is 0 Å². The maximum atomic E-state index is 13.0. The highest BCUT2D eigenvalue weighted by Gasteiger charge is 2.30. The quantitative estimate of drug-likeness (QED) is 0.0222. The van der Waals surface area contributed by atoms with E-state index >= 15 is 0 Å². The number of carbonyl (C=O) groups is 4. The number of phosphoric acid groups is 2. The molecule has 3 N–H and O–H groups in total. The monoisotopic (exact) mass is 1280 g/mol. The van der Waals surface area contributed by atoms with E-state index in [4.69, 9.17) is 37.0 Å². The first-order chi connectivity index (χ1) is 41.6. The highest BCUT2D eigenvalue weighted by Crippen LogP contribution is 2.45. The molecule has 0 fully saturated rings. The summed E-state index contributed by atoms with van der Waals surface area (Å²) in [4.78, 5) is 72.4. The Balaban J connectivity index is 5.24. The Morgan fingerprint density at radius 1 is 0.322 bits per heavy atom. The molecule has 0 saturated carbocycles. The summed E-state index contributed by atoms with van der Waals surface area (Å²) in [6, 6.07) is 0. The van der Waals surface area contributed by atoms with Crippen LogP contribution in [-0.4, -0.2) is 96.7 Å². The lowest BCUT2D eigenvalue weighted by Crippen LogP contribution is -2.30. The van der Waals surface area contributed by atoms with E-state index < -0.39 is 97.5 Å². The molecule has 0 aliphatic rings. The van der Waals surface area contributed by atoms with Crippen molar-refractivity contribution in [3.05, 3.63) is 0 Å². The molecule has 0 aromatic rings. The maximum Gasteiger partial charge on any atom is 0.472 e. The zero-order valence-electron chi connectivity index (χ0n) is 56.6. The van der Waals surface area contributed by atoms with Gasteiger partial charge in [-0.05, 0) is 49.4 Å². The minimum atomic E-state index is -4.95. The number of esters is 4. The maximum absolute atomic E-state index is 13.0. The van der Waals surface area contributed by atoms with Crippen LogP contribution in [-0.2, 0) is 65.4 Å². The predicted octanol–water partition coefficient (Wildman–Crippen LogP) is 18.9. The standard InChI is InChI=1S/C68H132O17P2/c1-9-61(8)47-39-31-25-27-35-43-51-68(73)85-64(55-79-66(71)49-41-33-26-24-30-38-46-60(6)7)57-83-87(76,77)81-53-62(69)52-80-86(74,75)82-56-63(84-67(72)50-42-34-23-19-15-14-17-21-29-37-45-59(4)5)54-78-65(70)48-40-32-22-18-13-11-10-12-16-20-28-36-44-58(2)3/h58-64,69H,9-57H2,1-8H3,(H,74,75)(H,76,77)/t61?,62-,63-,64-/m1/s1. The minimum Gasteiger partial charge on any atom is -0.462 e. The fourth-order valence-electron chi connectivity index (χ4n) is 10.1. The van der Waals surface area contributed by atoms with Crippen LogP contribution in [0, 0.1) is 23.7 Å². The Kier molecular flexibility index (Phi) is 56.6. The van der Waals surface area contributed by atoms with Crippen molar-refractivity contribution < 1.29 is 80.2 Å². The summed E-state index contributed by atoms with van der Waals surface area (Å²) < 4.78 is 68.1. The topological polar surface area (TPSA) is 237 Å². The number of hydrogen-bond donors (Lipinski definition) is 3. The summed E-state index contributed by atoms with van der Waals surface area (Å²) >= 11 is 0. The van der Waals surface area contributed by atoms with Crippen molar-refractivity contribution in [1.29, 1.82) is 0 Å². The Morgan fingerprint density at radius 3 is 0.816 bits per heavy atom. The van der Waals surface area contributed by atoms with Gasteiger partial charge >= 0.3 is 39.5 Å². The van der Waals surface area contributed by atoms with Gasteiger partial charge in [0, 0.05) is 25.7 Å². The molecule has 0 amide bonds. The average molecular weight is 1280 g/mol. The van der Waals surface area contributed by atoms with Gasteiger partial charge in [-0.1, -0.05) is 280 Å². The average Bonchev–Trinajstić information content (AvgIpc) is 3.65. The Hall–Kier alpha value is -1.94. The minimum absolute atomic E-state index is 0.101. The van der Waals surface area contributed by atoms with Crippen LogP contribution < -0.4 is 0 Å². The third kappa shape index (κ3) is 61.3. The SMILES string of the molecule is CCC(C)CCCCCCCCC(=O)O[C@H](COC(=O)CCCCCCCCC(C)C)COP(=O)(O)OC[C@H](O)COP(=O)(O)OC[C@@H](COC(=O)CCCCCCCCCCCCCCC(C)C)OC(=O)CCCCCCCCCCCCC(C)C. The molecule has 0 bridgehead atoms. The largest absolute Gasteiger partial charge is 0.472 e. The second-order valence-electron chi connectivity index (χ2n) is 26.2. The lowest BCUT2D eigenvalue weighted by atomic mass is 10.00.